The van der Waals surface area contributed by atoms with E-state index in [0.717, 1.165) is 28.0 Å². The standard InChI is InChI=1S/C23H17N3O2/c1-2-25-20-10-6-5-7-16(20)19-13-15(11-12-21(19)25)14-24-26-22(27)17-8-3-4-9-18(17)23(26)28/h3-14H,2H2,1H3/b24-14-. The average molecular weight is 367 g/mol. The zero-order valence-corrected chi connectivity index (χ0v) is 15.3. The normalized spacial score (nSPS) is 14.0. The monoisotopic (exact) mass is 367 g/mol. The highest BCUT2D eigenvalue weighted by Crippen LogP contribution is 2.29. The van der Waals surface area contributed by atoms with Crippen LogP contribution in [0.25, 0.3) is 21.8 Å². The van der Waals surface area contributed by atoms with Crippen LogP contribution in [0.5, 0.6) is 0 Å². The van der Waals surface area contributed by atoms with Gasteiger partial charge < -0.3 is 4.57 Å². The van der Waals surface area contributed by atoms with Crippen LogP contribution in [-0.2, 0) is 6.54 Å². The smallest absolute Gasteiger partial charge is 0.282 e. The van der Waals surface area contributed by atoms with Gasteiger partial charge in [0.25, 0.3) is 11.8 Å². The summed E-state index contributed by atoms with van der Waals surface area (Å²) in [6.45, 7) is 3.01. The molecule has 1 aliphatic heterocycles. The Morgan fingerprint density at radius 2 is 1.46 bits per heavy atom. The summed E-state index contributed by atoms with van der Waals surface area (Å²) in [6.07, 6.45) is 1.57. The first kappa shape index (κ1) is 16.4. The van der Waals surface area contributed by atoms with Crippen LogP contribution in [0.4, 0.5) is 0 Å². The van der Waals surface area contributed by atoms with E-state index in [4.69, 9.17) is 0 Å². The molecule has 0 radical (unpaired) electrons. The minimum absolute atomic E-state index is 0.388. The molecular weight excluding hydrogens is 350 g/mol. The molecule has 0 N–H and O–H groups in total. The van der Waals surface area contributed by atoms with Crippen molar-refractivity contribution in [1.82, 2.24) is 9.58 Å². The molecule has 136 valence electrons. The van der Waals surface area contributed by atoms with Gasteiger partial charge in [0.05, 0.1) is 17.3 Å². The molecule has 5 rings (SSSR count). The quantitative estimate of drug-likeness (QED) is 0.397. The number of aromatic nitrogens is 1. The number of imide groups is 1. The van der Waals surface area contributed by atoms with Gasteiger partial charge in [0, 0.05) is 28.4 Å². The third kappa shape index (κ3) is 2.29. The highest BCUT2D eigenvalue weighted by molar-refractivity contribution is 6.21. The molecule has 0 aliphatic carbocycles. The van der Waals surface area contributed by atoms with Gasteiger partial charge in [-0.05, 0) is 42.8 Å². The van der Waals surface area contributed by atoms with Gasteiger partial charge in [-0.2, -0.15) is 10.1 Å². The minimum Gasteiger partial charge on any atom is -0.341 e. The van der Waals surface area contributed by atoms with Gasteiger partial charge in [-0.1, -0.05) is 36.4 Å². The number of carbonyl (C=O) groups is 2. The molecular formula is C23H17N3O2. The van der Waals surface area contributed by atoms with E-state index >= 15 is 0 Å². The Hall–Kier alpha value is -3.73. The topological polar surface area (TPSA) is 54.7 Å². The van der Waals surface area contributed by atoms with E-state index in [2.05, 4.69) is 34.8 Å². The SMILES string of the molecule is CCn1c2ccccc2c2cc(/C=N\N3C(=O)c4ccccc4C3=O)ccc21. The summed E-state index contributed by atoms with van der Waals surface area (Å²) in [6, 6.07) is 21.1. The van der Waals surface area contributed by atoms with Crippen LogP contribution in [0.1, 0.15) is 33.2 Å². The van der Waals surface area contributed by atoms with E-state index < -0.39 is 0 Å². The Balaban J connectivity index is 1.55. The second-order valence-corrected chi connectivity index (χ2v) is 6.75. The number of aryl methyl sites for hydroxylation is 1. The van der Waals surface area contributed by atoms with E-state index in [0.29, 0.717) is 11.1 Å². The van der Waals surface area contributed by atoms with Crippen LogP contribution in [0.3, 0.4) is 0 Å². The number of hydrogen-bond donors (Lipinski definition) is 0. The second-order valence-electron chi connectivity index (χ2n) is 6.75. The van der Waals surface area contributed by atoms with Crippen molar-refractivity contribution >= 4 is 39.8 Å². The molecule has 2 heterocycles. The number of carbonyl (C=O) groups excluding carboxylic acids is 2. The number of hydrazone groups is 1. The van der Waals surface area contributed by atoms with Crippen molar-refractivity contribution in [2.45, 2.75) is 13.5 Å². The van der Waals surface area contributed by atoms with Crippen LogP contribution >= 0.6 is 0 Å². The summed E-state index contributed by atoms with van der Waals surface area (Å²) in [7, 11) is 0. The van der Waals surface area contributed by atoms with Gasteiger partial charge >= 0.3 is 0 Å². The first-order valence-electron chi connectivity index (χ1n) is 9.22. The average Bonchev–Trinajstić information content (AvgIpc) is 3.18. The molecule has 1 aromatic heterocycles. The zero-order chi connectivity index (χ0) is 19.3. The summed E-state index contributed by atoms with van der Waals surface area (Å²) in [4.78, 5) is 24.9. The van der Waals surface area contributed by atoms with Crippen LogP contribution < -0.4 is 0 Å². The molecule has 5 nitrogen and oxygen atoms in total. The molecule has 0 saturated carbocycles. The predicted octanol–water partition coefficient (Wildman–Crippen LogP) is 4.44. The second kappa shape index (κ2) is 6.16. The summed E-state index contributed by atoms with van der Waals surface area (Å²) in [5, 5.41) is 7.43. The number of nitrogens with zero attached hydrogens (tertiary/aromatic N) is 3. The van der Waals surface area contributed by atoms with Gasteiger partial charge in [-0.15, -0.1) is 0 Å². The number of para-hydroxylation sites is 1. The first-order valence-corrected chi connectivity index (χ1v) is 9.22. The van der Waals surface area contributed by atoms with Gasteiger partial charge in [0.2, 0.25) is 0 Å². The molecule has 2 amide bonds. The molecule has 3 aromatic carbocycles. The highest BCUT2D eigenvalue weighted by atomic mass is 16.2. The number of benzene rings is 3. The van der Waals surface area contributed by atoms with Crippen LogP contribution in [-0.4, -0.2) is 27.6 Å². The maximum atomic E-state index is 12.4. The van der Waals surface area contributed by atoms with E-state index in [1.807, 2.05) is 24.3 Å². The minimum atomic E-state index is -0.388. The van der Waals surface area contributed by atoms with Crippen molar-refractivity contribution in [3.8, 4) is 0 Å². The Morgan fingerprint density at radius 1 is 0.821 bits per heavy atom. The molecule has 0 bridgehead atoms. The van der Waals surface area contributed by atoms with Crippen molar-refractivity contribution < 1.29 is 9.59 Å². The van der Waals surface area contributed by atoms with Gasteiger partial charge in [-0.3, -0.25) is 9.59 Å². The Labute approximate surface area is 161 Å². The molecule has 1 aliphatic rings. The number of fused-ring (bicyclic) bond motifs is 4. The molecule has 4 aromatic rings. The van der Waals surface area contributed by atoms with Crippen molar-refractivity contribution in [2.75, 3.05) is 0 Å². The van der Waals surface area contributed by atoms with E-state index in [1.165, 1.54) is 10.9 Å². The number of amides is 2. The van der Waals surface area contributed by atoms with E-state index in [9.17, 15) is 9.59 Å². The van der Waals surface area contributed by atoms with Crippen molar-refractivity contribution in [1.29, 1.82) is 0 Å². The molecule has 0 saturated heterocycles. The summed E-state index contributed by atoms with van der Waals surface area (Å²) >= 11 is 0. The summed E-state index contributed by atoms with van der Waals surface area (Å²) in [5.41, 5.74) is 3.97. The zero-order valence-electron chi connectivity index (χ0n) is 15.3. The molecule has 28 heavy (non-hydrogen) atoms. The maximum absolute atomic E-state index is 12.4. The summed E-state index contributed by atoms with van der Waals surface area (Å²) in [5.74, 6) is -0.777. The predicted molar refractivity (Wildman–Crippen MR) is 110 cm³/mol. The van der Waals surface area contributed by atoms with Crippen molar-refractivity contribution in [2.24, 2.45) is 5.10 Å². The molecule has 0 fully saturated rings. The molecule has 0 spiro atoms. The number of rotatable bonds is 3. The largest absolute Gasteiger partial charge is 0.341 e. The fraction of sp³-hybridized carbons (Fsp3) is 0.0870. The van der Waals surface area contributed by atoms with Crippen molar-refractivity contribution in [3.05, 3.63) is 83.4 Å². The summed E-state index contributed by atoms with van der Waals surface area (Å²) < 4.78 is 2.27. The fourth-order valence-corrected chi connectivity index (χ4v) is 3.90. The van der Waals surface area contributed by atoms with Gasteiger partial charge in [0.15, 0.2) is 0 Å². The van der Waals surface area contributed by atoms with Crippen LogP contribution in [0.2, 0.25) is 0 Å². The lowest BCUT2D eigenvalue weighted by atomic mass is 10.1. The lowest BCUT2D eigenvalue weighted by molar-refractivity contribution is 0.0660. The fourth-order valence-electron chi connectivity index (χ4n) is 3.90. The molecule has 0 unspecified atom stereocenters. The van der Waals surface area contributed by atoms with Gasteiger partial charge in [0.1, 0.15) is 0 Å². The highest BCUT2D eigenvalue weighted by Gasteiger charge is 2.35. The Kier molecular flexibility index (Phi) is 3.62. The maximum Gasteiger partial charge on any atom is 0.282 e. The van der Waals surface area contributed by atoms with Crippen molar-refractivity contribution in [3.63, 3.8) is 0 Å². The van der Waals surface area contributed by atoms with E-state index in [1.54, 1.807) is 30.5 Å². The Morgan fingerprint density at radius 3 is 2.18 bits per heavy atom. The lowest BCUT2D eigenvalue weighted by Gasteiger charge is -2.06. The van der Waals surface area contributed by atoms with Crippen LogP contribution in [0, 0.1) is 0 Å². The third-order valence-electron chi connectivity index (χ3n) is 5.21. The number of hydrogen-bond acceptors (Lipinski definition) is 3. The Bertz CT molecular complexity index is 1260. The molecule has 5 heteroatoms. The van der Waals surface area contributed by atoms with Gasteiger partial charge in [-0.25, -0.2) is 0 Å². The first-order chi connectivity index (χ1) is 13.7. The van der Waals surface area contributed by atoms with E-state index in [-0.39, 0.29) is 11.8 Å². The molecule has 0 atom stereocenters. The third-order valence-corrected chi connectivity index (χ3v) is 5.21. The van der Waals surface area contributed by atoms with Crippen LogP contribution in [0.15, 0.2) is 71.8 Å². The lowest BCUT2D eigenvalue weighted by Crippen LogP contribution is -2.23.